The molecular weight excluding hydrogens is 330 g/mol. The van der Waals surface area contributed by atoms with Gasteiger partial charge in [-0.3, -0.25) is 0 Å². The standard InChI is InChI=1S/C18H26F2N2O3/c1-18(2,3)25-17(23)22-8-6-12(7-9-22)13-4-5-14(21)15(10-13)24-11-16(19)20/h4-5,10,12,16H,6-9,11,21H2,1-3H3. The van der Waals surface area contributed by atoms with Gasteiger partial charge in [0.2, 0.25) is 0 Å². The number of anilines is 1. The number of hydrogen-bond acceptors (Lipinski definition) is 4. The lowest BCUT2D eigenvalue weighted by atomic mass is 9.89. The van der Waals surface area contributed by atoms with E-state index in [4.69, 9.17) is 15.2 Å². The van der Waals surface area contributed by atoms with Gasteiger partial charge in [0, 0.05) is 13.1 Å². The Labute approximate surface area is 147 Å². The molecule has 1 saturated heterocycles. The van der Waals surface area contributed by atoms with Crippen molar-refractivity contribution in [3.8, 4) is 5.75 Å². The van der Waals surface area contributed by atoms with E-state index in [-0.39, 0.29) is 17.8 Å². The lowest BCUT2D eigenvalue weighted by molar-refractivity contribution is 0.0205. The summed E-state index contributed by atoms with van der Waals surface area (Å²) in [7, 11) is 0. The molecule has 0 saturated carbocycles. The highest BCUT2D eigenvalue weighted by Crippen LogP contribution is 2.33. The van der Waals surface area contributed by atoms with E-state index in [1.807, 2.05) is 26.8 Å². The number of carbonyl (C=O) groups excluding carboxylic acids is 1. The van der Waals surface area contributed by atoms with Crippen LogP contribution in [-0.4, -0.2) is 42.7 Å². The van der Waals surface area contributed by atoms with Gasteiger partial charge in [-0.05, 0) is 57.2 Å². The first-order valence-corrected chi connectivity index (χ1v) is 8.44. The predicted molar refractivity (Wildman–Crippen MR) is 92.1 cm³/mol. The molecule has 1 heterocycles. The highest BCUT2D eigenvalue weighted by atomic mass is 19.3. The van der Waals surface area contributed by atoms with Crippen LogP contribution in [0.4, 0.5) is 19.3 Å². The van der Waals surface area contributed by atoms with Crippen molar-refractivity contribution < 1.29 is 23.0 Å². The van der Waals surface area contributed by atoms with Crippen molar-refractivity contribution in [1.29, 1.82) is 0 Å². The number of nitrogens with two attached hydrogens (primary N) is 1. The van der Waals surface area contributed by atoms with E-state index >= 15 is 0 Å². The molecule has 0 bridgehead atoms. The number of likely N-dealkylation sites (tertiary alicyclic amines) is 1. The molecule has 1 fully saturated rings. The van der Waals surface area contributed by atoms with E-state index < -0.39 is 18.6 Å². The topological polar surface area (TPSA) is 64.8 Å². The van der Waals surface area contributed by atoms with Crippen molar-refractivity contribution in [1.82, 2.24) is 4.90 Å². The molecule has 0 atom stereocenters. The van der Waals surface area contributed by atoms with Crippen LogP contribution in [0.3, 0.4) is 0 Å². The fraction of sp³-hybridized carbons (Fsp3) is 0.611. The highest BCUT2D eigenvalue weighted by molar-refractivity contribution is 5.68. The fourth-order valence-corrected chi connectivity index (χ4v) is 2.80. The van der Waals surface area contributed by atoms with Gasteiger partial charge in [0.1, 0.15) is 18.0 Å². The minimum Gasteiger partial charge on any atom is -0.485 e. The third-order valence-electron chi connectivity index (χ3n) is 4.02. The maximum absolute atomic E-state index is 12.3. The van der Waals surface area contributed by atoms with Gasteiger partial charge in [0.05, 0.1) is 5.69 Å². The number of nitrogens with zero attached hydrogens (tertiary/aromatic N) is 1. The van der Waals surface area contributed by atoms with Crippen LogP contribution in [0, 0.1) is 0 Å². The average Bonchev–Trinajstić information content (AvgIpc) is 2.52. The van der Waals surface area contributed by atoms with Gasteiger partial charge in [-0.25, -0.2) is 13.6 Å². The lowest BCUT2D eigenvalue weighted by Crippen LogP contribution is -2.41. The molecule has 0 radical (unpaired) electrons. The Morgan fingerprint density at radius 2 is 1.96 bits per heavy atom. The minimum absolute atomic E-state index is 0.230. The van der Waals surface area contributed by atoms with Crippen molar-refractivity contribution in [2.75, 3.05) is 25.4 Å². The smallest absolute Gasteiger partial charge is 0.410 e. The zero-order valence-corrected chi connectivity index (χ0v) is 14.9. The molecule has 1 aromatic rings. The Balaban J connectivity index is 1.96. The Kier molecular flexibility index (Phi) is 6.08. The Hall–Kier alpha value is -2.05. The number of ether oxygens (including phenoxy) is 2. The molecule has 0 spiro atoms. The molecule has 0 aliphatic carbocycles. The van der Waals surface area contributed by atoms with Crippen molar-refractivity contribution >= 4 is 11.8 Å². The fourth-order valence-electron chi connectivity index (χ4n) is 2.80. The monoisotopic (exact) mass is 356 g/mol. The van der Waals surface area contributed by atoms with E-state index in [1.54, 1.807) is 17.0 Å². The molecular formula is C18H26F2N2O3. The van der Waals surface area contributed by atoms with Crippen molar-refractivity contribution in [2.24, 2.45) is 0 Å². The molecule has 1 aliphatic rings. The molecule has 0 unspecified atom stereocenters. The van der Waals surface area contributed by atoms with E-state index in [0.29, 0.717) is 18.8 Å². The molecule has 140 valence electrons. The summed E-state index contributed by atoms with van der Waals surface area (Å²) in [6.45, 7) is 6.03. The van der Waals surface area contributed by atoms with Gasteiger partial charge < -0.3 is 20.1 Å². The summed E-state index contributed by atoms with van der Waals surface area (Å²) in [5, 5.41) is 0. The number of rotatable bonds is 4. The van der Waals surface area contributed by atoms with Crippen LogP contribution in [0.25, 0.3) is 0 Å². The Morgan fingerprint density at radius 1 is 1.32 bits per heavy atom. The number of halogens is 2. The van der Waals surface area contributed by atoms with E-state index in [0.717, 1.165) is 18.4 Å². The van der Waals surface area contributed by atoms with E-state index in [9.17, 15) is 13.6 Å². The number of hydrogen-bond donors (Lipinski definition) is 1. The number of piperidine rings is 1. The first kappa shape index (κ1) is 19.3. The van der Waals surface area contributed by atoms with Crippen LogP contribution in [0.15, 0.2) is 18.2 Å². The van der Waals surface area contributed by atoms with Crippen LogP contribution in [0.5, 0.6) is 5.75 Å². The van der Waals surface area contributed by atoms with E-state index in [1.165, 1.54) is 0 Å². The first-order chi connectivity index (χ1) is 11.7. The Morgan fingerprint density at radius 3 is 2.52 bits per heavy atom. The van der Waals surface area contributed by atoms with E-state index in [2.05, 4.69) is 0 Å². The van der Waals surface area contributed by atoms with Crippen LogP contribution >= 0.6 is 0 Å². The van der Waals surface area contributed by atoms with Gasteiger partial charge in [-0.15, -0.1) is 0 Å². The van der Waals surface area contributed by atoms with Gasteiger partial charge in [-0.2, -0.15) is 0 Å². The summed E-state index contributed by atoms with van der Waals surface area (Å²) in [5.74, 6) is 0.514. The molecule has 5 nitrogen and oxygen atoms in total. The molecule has 1 amide bonds. The summed E-state index contributed by atoms with van der Waals surface area (Å²) in [4.78, 5) is 13.8. The number of benzene rings is 1. The molecule has 0 aromatic heterocycles. The summed E-state index contributed by atoms with van der Waals surface area (Å²) in [6, 6.07) is 5.29. The second-order valence-corrected chi connectivity index (χ2v) is 7.24. The zero-order chi connectivity index (χ0) is 18.6. The van der Waals surface area contributed by atoms with Gasteiger partial charge in [0.15, 0.2) is 0 Å². The lowest BCUT2D eigenvalue weighted by Gasteiger charge is -2.33. The third kappa shape index (κ3) is 5.76. The van der Waals surface area contributed by atoms with Gasteiger partial charge in [0.25, 0.3) is 6.43 Å². The van der Waals surface area contributed by atoms with Crippen molar-refractivity contribution in [3.63, 3.8) is 0 Å². The average molecular weight is 356 g/mol. The number of nitrogen functional groups attached to an aromatic ring is 1. The maximum Gasteiger partial charge on any atom is 0.410 e. The summed E-state index contributed by atoms with van der Waals surface area (Å²) < 4.78 is 35.1. The quantitative estimate of drug-likeness (QED) is 0.828. The molecule has 1 aliphatic heterocycles. The zero-order valence-electron chi connectivity index (χ0n) is 14.9. The number of amides is 1. The van der Waals surface area contributed by atoms with Crippen molar-refractivity contribution in [2.45, 2.75) is 51.6 Å². The second kappa shape index (κ2) is 7.89. The Bertz CT molecular complexity index is 594. The third-order valence-corrected chi connectivity index (χ3v) is 4.02. The molecule has 2 rings (SSSR count). The number of carbonyl (C=O) groups is 1. The molecule has 2 N–H and O–H groups in total. The van der Waals surface area contributed by atoms with Gasteiger partial charge >= 0.3 is 6.09 Å². The molecule has 1 aromatic carbocycles. The molecule has 7 heteroatoms. The molecule has 25 heavy (non-hydrogen) atoms. The van der Waals surface area contributed by atoms with Crippen molar-refractivity contribution in [3.05, 3.63) is 23.8 Å². The largest absolute Gasteiger partial charge is 0.485 e. The number of alkyl halides is 2. The van der Waals surface area contributed by atoms with Crippen LogP contribution in [-0.2, 0) is 4.74 Å². The predicted octanol–water partition coefficient (Wildman–Crippen LogP) is 4.03. The van der Waals surface area contributed by atoms with Crippen LogP contribution in [0.1, 0.15) is 45.1 Å². The summed E-state index contributed by atoms with van der Waals surface area (Å²) in [5.41, 5.74) is 6.61. The minimum atomic E-state index is -2.54. The van der Waals surface area contributed by atoms with Crippen LogP contribution < -0.4 is 10.5 Å². The summed E-state index contributed by atoms with van der Waals surface area (Å²) >= 11 is 0. The first-order valence-electron chi connectivity index (χ1n) is 8.44. The maximum atomic E-state index is 12.3. The SMILES string of the molecule is CC(C)(C)OC(=O)N1CCC(c2ccc(N)c(OCC(F)F)c2)CC1. The highest BCUT2D eigenvalue weighted by Gasteiger charge is 2.27. The van der Waals surface area contributed by atoms with Crippen LogP contribution in [0.2, 0.25) is 0 Å². The summed E-state index contributed by atoms with van der Waals surface area (Å²) in [6.07, 6.45) is -1.29. The van der Waals surface area contributed by atoms with Gasteiger partial charge in [-0.1, -0.05) is 6.07 Å². The second-order valence-electron chi connectivity index (χ2n) is 7.24. The normalized spacial score (nSPS) is 16.2.